The van der Waals surface area contributed by atoms with Gasteiger partial charge in [0.2, 0.25) is 0 Å². The Labute approximate surface area is 68.3 Å². The van der Waals surface area contributed by atoms with Gasteiger partial charge in [-0.1, -0.05) is 13.0 Å². The van der Waals surface area contributed by atoms with Gasteiger partial charge in [-0.3, -0.25) is 0 Å². The van der Waals surface area contributed by atoms with Crippen molar-refractivity contribution in [3.8, 4) is 0 Å². The Morgan fingerprint density at radius 2 is 2.33 bits per heavy atom. The summed E-state index contributed by atoms with van der Waals surface area (Å²) in [6.07, 6.45) is 4.68. The molecule has 0 N–H and O–H groups in total. The van der Waals surface area contributed by atoms with Crippen LogP contribution in [0.3, 0.4) is 0 Å². The number of hydrogen-bond donors (Lipinski definition) is 0. The molecule has 0 spiro atoms. The number of rotatable bonds is 0. The van der Waals surface area contributed by atoms with Crippen molar-refractivity contribution in [2.24, 2.45) is 5.92 Å². The van der Waals surface area contributed by atoms with Gasteiger partial charge in [0.15, 0.2) is 0 Å². The standard InChI is InChI=1S/C7H12O.Li/c1-6-2-4-7(8)5-3-6;/h4,6,8H,2-3,5H2,1H3;/q;+1/p-1/t6-;/m0./s1. The molecule has 9 heavy (non-hydrogen) atoms. The molecule has 1 rings (SSSR count). The molecule has 1 aliphatic rings. The first-order chi connectivity index (χ1) is 3.79. The Morgan fingerprint density at radius 3 is 2.67 bits per heavy atom. The fourth-order valence-corrected chi connectivity index (χ4v) is 0.941. The van der Waals surface area contributed by atoms with Crippen LogP contribution in [0.15, 0.2) is 11.8 Å². The summed E-state index contributed by atoms with van der Waals surface area (Å²) in [6, 6.07) is 0. The second-order valence-electron chi connectivity index (χ2n) is 2.55. The summed E-state index contributed by atoms with van der Waals surface area (Å²) in [5.41, 5.74) is 0. The van der Waals surface area contributed by atoms with E-state index in [-0.39, 0.29) is 18.9 Å². The van der Waals surface area contributed by atoms with Crippen molar-refractivity contribution in [2.45, 2.75) is 26.2 Å². The van der Waals surface area contributed by atoms with E-state index in [4.69, 9.17) is 0 Å². The van der Waals surface area contributed by atoms with Crippen molar-refractivity contribution in [1.82, 2.24) is 0 Å². The van der Waals surface area contributed by atoms with Gasteiger partial charge in [-0.05, 0) is 25.2 Å². The molecule has 0 aromatic carbocycles. The van der Waals surface area contributed by atoms with E-state index in [1.807, 2.05) is 6.08 Å². The number of allylic oxidation sites excluding steroid dienone is 2. The Hall–Kier alpha value is 0.137. The van der Waals surface area contributed by atoms with Crippen LogP contribution in [0.25, 0.3) is 0 Å². The van der Waals surface area contributed by atoms with Gasteiger partial charge in [-0.2, -0.15) is 0 Å². The molecule has 0 unspecified atom stereocenters. The van der Waals surface area contributed by atoms with E-state index in [0.717, 1.165) is 25.2 Å². The minimum Gasteiger partial charge on any atom is -0.876 e. The minimum atomic E-state index is 0. The molecule has 0 radical (unpaired) electrons. The molecule has 1 aliphatic carbocycles. The van der Waals surface area contributed by atoms with Crippen LogP contribution in [0.2, 0.25) is 0 Å². The summed E-state index contributed by atoms with van der Waals surface area (Å²) in [5, 5.41) is 10.6. The van der Waals surface area contributed by atoms with Crippen molar-refractivity contribution < 1.29 is 24.0 Å². The van der Waals surface area contributed by atoms with E-state index in [1.165, 1.54) is 0 Å². The van der Waals surface area contributed by atoms with Crippen LogP contribution >= 0.6 is 0 Å². The first kappa shape index (κ1) is 9.14. The van der Waals surface area contributed by atoms with Gasteiger partial charge >= 0.3 is 18.9 Å². The molecule has 0 aromatic heterocycles. The minimum absolute atomic E-state index is 0. The first-order valence-corrected chi connectivity index (χ1v) is 3.15. The Bertz CT molecular complexity index is 109. The molecule has 2 heteroatoms. The third-order valence-electron chi connectivity index (χ3n) is 1.63. The van der Waals surface area contributed by atoms with Gasteiger partial charge in [0.25, 0.3) is 0 Å². The largest absolute Gasteiger partial charge is 1.00 e. The topological polar surface area (TPSA) is 23.1 Å². The maximum Gasteiger partial charge on any atom is 1.00 e. The molecular formula is C7H11LiO. The Morgan fingerprint density at radius 1 is 1.67 bits per heavy atom. The van der Waals surface area contributed by atoms with Crippen LogP contribution in [0, 0.1) is 5.92 Å². The van der Waals surface area contributed by atoms with Crippen molar-refractivity contribution in [3.63, 3.8) is 0 Å². The SMILES string of the molecule is C[C@H]1CC=C([O-])CC1.[Li+]. The zero-order chi connectivity index (χ0) is 5.98. The summed E-state index contributed by atoms with van der Waals surface area (Å²) in [6.45, 7) is 2.18. The monoisotopic (exact) mass is 118 g/mol. The molecule has 0 saturated heterocycles. The Balaban J connectivity index is 0.000000640. The van der Waals surface area contributed by atoms with Gasteiger partial charge in [-0.15, -0.1) is 5.76 Å². The van der Waals surface area contributed by atoms with Crippen molar-refractivity contribution in [2.75, 3.05) is 0 Å². The fourth-order valence-electron chi connectivity index (χ4n) is 0.941. The molecule has 0 fully saturated rings. The van der Waals surface area contributed by atoms with Crippen molar-refractivity contribution in [3.05, 3.63) is 11.8 Å². The van der Waals surface area contributed by atoms with E-state index in [9.17, 15) is 5.11 Å². The first-order valence-electron chi connectivity index (χ1n) is 3.15. The second-order valence-corrected chi connectivity index (χ2v) is 2.55. The summed E-state index contributed by atoms with van der Waals surface area (Å²) in [5.74, 6) is 1.08. The third kappa shape index (κ3) is 2.98. The normalized spacial score (nSPS) is 26.3. The molecule has 46 valence electrons. The molecule has 0 aliphatic heterocycles. The molecule has 1 atom stereocenters. The van der Waals surface area contributed by atoms with Crippen molar-refractivity contribution >= 4 is 0 Å². The predicted molar refractivity (Wildman–Crippen MR) is 31.1 cm³/mol. The molecule has 0 heterocycles. The summed E-state index contributed by atoms with van der Waals surface area (Å²) >= 11 is 0. The van der Waals surface area contributed by atoms with E-state index >= 15 is 0 Å². The van der Waals surface area contributed by atoms with Gasteiger partial charge < -0.3 is 5.11 Å². The van der Waals surface area contributed by atoms with Gasteiger partial charge in [0, 0.05) is 0 Å². The van der Waals surface area contributed by atoms with Crippen LogP contribution in [-0.4, -0.2) is 0 Å². The molecule has 0 amide bonds. The average molecular weight is 118 g/mol. The Kier molecular flexibility index (Phi) is 4.10. The van der Waals surface area contributed by atoms with Crippen LogP contribution in [0.4, 0.5) is 0 Å². The maximum atomic E-state index is 10.6. The predicted octanol–water partition coefficient (Wildman–Crippen LogP) is -1.95. The zero-order valence-electron chi connectivity index (χ0n) is 6.18. The zero-order valence-corrected chi connectivity index (χ0v) is 6.18. The fraction of sp³-hybridized carbons (Fsp3) is 0.714. The molecular weight excluding hydrogens is 107 g/mol. The average Bonchev–Trinajstić information content (AvgIpc) is 1.77. The van der Waals surface area contributed by atoms with Gasteiger partial charge in [0.05, 0.1) is 0 Å². The number of hydrogen-bond acceptors (Lipinski definition) is 1. The van der Waals surface area contributed by atoms with Crippen molar-refractivity contribution in [1.29, 1.82) is 0 Å². The van der Waals surface area contributed by atoms with Gasteiger partial charge in [0.1, 0.15) is 0 Å². The molecule has 0 aromatic rings. The van der Waals surface area contributed by atoms with Crippen LogP contribution in [0.5, 0.6) is 0 Å². The molecule has 1 nitrogen and oxygen atoms in total. The molecule has 0 bridgehead atoms. The smallest absolute Gasteiger partial charge is 0.876 e. The van der Waals surface area contributed by atoms with Crippen LogP contribution in [-0.2, 0) is 0 Å². The summed E-state index contributed by atoms with van der Waals surface area (Å²) < 4.78 is 0. The van der Waals surface area contributed by atoms with E-state index in [0.29, 0.717) is 5.76 Å². The van der Waals surface area contributed by atoms with Crippen LogP contribution in [0.1, 0.15) is 26.2 Å². The van der Waals surface area contributed by atoms with E-state index in [2.05, 4.69) is 6.92 Å². The quantitative estimate of drug-likeness (QED) is 0.339. The summed E-state index contributed by atoms with van der Waals surface area (Å²) in [4.78, 5) is 0. The maximum absolute atomic E-state index is 10.6. The summed E-state index contributed by atoms with van der Waals surface area (Å²) in [7, 11) is 0. The van der Waals surface area contributed by atoms with E-state index in [1.54, 1.807) is 0 Å². The second kappa shape index (κ2) is 4.03. The molecule has 0 saturated carbocycles. The van der Waals surface area contributed by atoms with Crippen LogP contribution < -0.4 is 24.0 Å². The third-order valence-corrected chi connectivity index (χ3v) is 1.63. The van der Waals surface area contributed by atoms with E-state index < -0.39 is 0 Å². The van der Waals surface area contributed by atoms with Gasteiger partial charge in [-0.25, -0.2) is 0 Å².